The van der Waals surface area contributed by atoms with Crippen LogP contribution in [0.2, 0.25) is 0 Å². The van der Waals surface area contributed by atoms with Crippen molar-refractivity contribution in [2.24, 2.45) is 11.8 Å². The van der Waals surface area contributed by atoms with Gasteiger partial charge in [-0.15, -0.1) is 0 Å². The van der Waals surface area contributed by atoms with Gasteiger partial charge in [0.05, 0.1) is 0 Å². The largest absolute Gasteiger partial charge is 0.338 e. The third kappa shape index (κ3) is 3.09. The second-order valence-electron chi connectivity index (χ2n) is 5.11. The molecule has 0 aromatic heterocycles. The Morgan fingerprint density at radius 2 is 2.24 bits per heavy atom. The fourth-order valence-corrected chi connectivity index (χ4v) is 2.70. The molecule has 0 spiro atoms. The minimum Gasteiger partial charge on any atom is -0.338 e. The van der Waals surface area contributed by atoms with E-state index in [-0.39, 0.29) is 0 Å². The Morgan fingerprint density at radius 1 is 1.47 bits per heavy atom. The summed E-state index contributed by atoms with van der Waals surface area (Å²) in [5.74, 6) is 1.41. The first-order chi connectivity index (χ1) is 8.06. The van der Waals surface area contributed by atoms with Gasteiger partial charge < -0.3 is 4.90 Å². The molecule has 17 heavy (non-hydrogen) atoms. The van der Waals surface area contributed by atoms with E-state index in [1.807, 2.05) is 17.0 Å². The van der Waals surface area contributed by atoms with Crippen LogP contribution in [0.4, 0.5) is 0 Å². The average molecular weight is 296 g/mol. The van der Waals surface area contributed by atoms with Crippen molar-refractivity contribution in [3.8, 4) is 0 Å². The summed E-state index contributed by atoms with van der Waals surface area (Å²) in [6, 6.07) is 8.17. The Morgan fingerprint density at radius 3 is 2.82 bits per heavy atom. The molecule has 1 aromatic carbocycles. The lowest BCUT2D eigenvalue weighted by Crippen LogP contribution is -2.25. The fourth-order valence-electron chi connectivity index (χ4n) is 2.26. The summed E-state index contributed by atoms with van der Waals surface area (Å²) >= 11 is 3.46. The molecule has 92 valence electrons. The van der Waals surface area contributed by atoms with E-state index in [0.29, 0.717) is 24.2 Å². The van der Waals surface area contributed by atoms with E-state index in [2.05, 4.69) is 41.9 Å². The zero-order valence-corrected chi connectivity index (χ0v) is 11.9. The van der Waals surface area contributed by atoms with Gasteiger partial charge in [-0.1, -0.05) is 41.9 Å². The van der Waals surface area contributed by atoms with Crippen molar-refractivity contribution in [2.45, 2.75) is 26.8 Å². The van der Waals surface area contributed by atoms with Crippen LogP contribution in [0.25, 0.3) is 0 Å². The quantitative estimate of drug-likeness (QED) is 0.836. The highest BCUT2D eigenvalue weighted by molar-refractivity contribution is 9.10. The van der Waals surface area contributed by atoms with Crippen LogP contribution >= 0.6 is 15.9 Å². The van der Waals surface area contributed by atoms with Crippen LogP contribution in [-0.4, -0.2) is 17.4 Å². The predicted octanol–water partition coefficient (Wildman–Crippen LogP) is 3.45. The normalized spacial score (nSPS) is 20.4. The highest BCUT2D eigenvalue weighted by atomic mass is 79.9. The SMILES string of the molecule is CC(C)C1CC(=O)N(Cc2cccc(Br)c2)C1. The van der Waals surface area contributed by atoms with Gasteiger partial charge in [0.1, 0.15) is 0 Å². The maximum Gasteiger partial charge on any atom is 0.223 e. The van der Waals surface area contributed by atoms with Crippen LogP contribution in [0.3, 0.4) is 0 Å². The summed E-state index contributed by atoms with van der Waals surface area (Å²) in [6.07, 6.45) is 0.714. The molecular formula is C14H18BrNO. The van der Waals surface area contributed by atoms with Crippen molar-refractivity contribution in [3.05, 3.63) is 34.3 Å². The lowest BCUT2D eigenvalue weighted by Gasteiger charge is -2.18. The average Bonchev–Trinajstić information content (AvgIpc) is 2.61. The Bertz CT molecular complexity index is 416. The van der Waals surface area contributed by atoms with E-state index >= 15 is 0 Å². The maximum absolute atomic E-state index is 11.9. The smallest absolute Gasteiger partial charge is 0.223 e. The van der Waals surface area contributed by atoms with Crippen molar-refractivity contribution in [2.75, 3.05) is 6.54 Å². The molecule has 2 rings (SSSR count). The van der Waals surface area contributed by atoms with Crippen LogP contribution in [0.5, 0.6) is 0 Å². The molecule has 0 saturated carbocycles. The van der Waals surface area contributed by atoms with Crippen molar-refractivity contribution < 1.29 is 4.79 Å². The van der Waals surface area contributed by atoms with Crippen molar-refractivity contribution in [1.82, 2.24) is 4.90 Å². The van der Waals surface area contributed by atoms with Gasteiger partial charge in [-0.3, -0.25) is 4.79 Å². The first-order valence-corrected chi connectivity index (χ1v) is 6.88. The summed E-state index contributed by atoms with van der Waals surface area (Å²) in [5.41, 5.74) is 1.19. The van der Waals surface area contributed by atoms with Gasteiger partial charge in [-0.05, 0) is 29.5 Å². The second kappa shape index (κ2) is 5.21. The zero-order chi connectivity index (χ0) is 12.4. The number of carbonyl (C=O) groups excluding carboxylic acids is 1. The summed E-state index contributed by atoms with van der Waals surface area (Å²) < 4.78 is 1.07. The molecule has 1 aliphatic heterocycles. The van der Waals surface area contributed by atoms with Crippen LogP contribution in [0, 0.1) is 11.8 Å². The molecule has 0 N–H and O–H groups in total. The molecule has 0 aliphatic carbocycles. The van der Waals surface area contributed by atoms with Gasteiger partial charge in [-0.2, -0.15) is 0 Å². The number of amides is 1. The van der Waals surface area contributed by atoms with Gasteiger partial charge in [0.25, 0.3) is 0 Å². The molecule has 1 heterocycles. The second-order valence-corrected chi connectivity index (χ2v) is 6.03. The minimum atomic E-state index is 0.295. The number of carbonyl (C=O) groups is 1. The molecule has 1 amide bonds. The van der Waals surface area contributed by atoms with Crippen LogP contribution in [0.1, 0.15) is 25.8 Å². The van der Waals surface area contributed by atoms with Crippen molar-refractivity contribution in [1.29, 1.82) is 0 Å². The van der Waals surface area contributed by atoms with E-state index in [9.17, 15) is 4.79 Å². The molecule has 1 atom stereocenters. The van der Waals surface area contributed by atoms with Gasteiger partial charge in [-0.25, -0.2) is 0 Å². The lowest BCUT2D eigenvalue weighted by molar-refractivity contribution is -0.128. The van der Waals surface area contributed by atoms with Crippen LogP contribution in [0.15, 0.2) is 28.7 Å². The fraction of sp³-hybridized carbons (Fsp3) is 0.500. The molecule has 1 aliphatic rings. The Labute approximate surface area is 111 Å². The molecule has 1 saturated heterocycles. The highest BCUT2D eigenvalue weighted by Gasteiger charge is 2.31. The number of rotatable bonds is 3. The maximum atomic E-state index is 11.9. The Kier molecular flexibility index (Phi) is 3.87. The van der Waals surface area contributed by atoms with Gasteiger partial charge in [0.2, 0.25) is 5.91 Å². The van der Waals surface area contributed by atoms with Gasteiger partial charge >= 0.3 is 0 Å². The summed E-state index contributed by atoms with van der Waals surface area (Å²) in [4.78, 5) is 13.9. The summed E-state index contributed by atoms with van der Waals surface area (Å²) in [7, 11) is 0. The van der Waals surface area contributed by atoms with E-state index in [4.69, 9.17) is 0 Å². The number of nitrogens with zero attached hydrogens (tertiary/aromatic N) is 1. The highest BCUT2D eigenvalue weighted by Crippen LogP contribution is 2.26. The van der Waals surface area contributed by atoms with E-state index in [1.165, 1.54) is 5.56 Å². The number of likely N-dealkylation sites (tertiary alicyclic amines) is 1. The molecule has 0 radical (unpaired) electrons. The van der Waals surface area contributed by atoms with Gasteiger partial charge in [0.15, 0.2) is 0 Å². The van der Waals surface area contributed by atoms with Crippen molar-refractivity contribution >= 4 is 21.8 Å². The molecule has 3 heteroatoms. The molecular weight excluding hydrogens is 278 g/mol. The van der Waals surface area contributed by atoms with Crippen molar-refractivity contribution in [3.63, 3.8) is 0 Å². The predicted molar refractivity (Wildman–Crippen MR) is 72.5 cm³/mol. The molecule has 1 fully saturated rings. The molecule has 1 aromatic rings. The molecule has 0 bridgehead atoms. The summed E-state index contributed by atoms with van der Waals surface area (Å²) in [6.45, 7) is 6.03. The van der Waals surface area contributed by atoms with E-state index < -0.39 is 0 Å². The lowest BCUT2D eigenvalue weighted by atomic mass is 9.95. The minimum absolute atomic E-state index is 0.295. The van der Waals surface area contributed by atoms with Crippen LogP contribution < -0.4 is 0 Å². The number of benzene rings is 1. The van der Waals surface area contributed by atoms with Crippen LogP contribution in [-0.2, 0) is 11.3 Å². The Hall–Kier alpha value is -0.830. The monoisotopic (exact) mass is 295 g/mol. The molecule has 2 nitrogen and oxygen atoms in total. The standard InChI is InChI=1S/C14H18BrNO/c1-10(2)12-7-14(17)16(9-12)8-11-4-3-5-13(15)6-11/h3-6,10,12H,7-9H2,1-2H3. The zero-order valence-electron chi connectivity index (χ0n) is 10.3. The summed E-state index contributed by atoms with van der Waals surface area (Å²) in [5, 5.41) is 0. The topological polar surface area (TPSA) is 20.3 Å². The third-order valence-corrected chi connectivity index (χ3v) is 3.94. The van der Waals surface area contributed by atoms with Gasteiger partial charge in [0, 0.05) is 24.0 Å². The van der Waals surface area contributed by atoms with E-state index in [0.717, 1.165) is 17.6 Å². The first kappa shape index (κ1) is 12.6. The number of hydrogen-bond acceptors (Lipinski definition) is 1. The number of hydrogen-bond donors (Lipinski definition) is 0. The third-order valence-electron chi connectivity index (χ3n) is 3.45. The first-order valence-electron chi connectivity index (χ1n) is 6.08. The van der Waals surface area contributed by atoms with E-state index in [1.54, 1.807) is 0 Å². The Balaban J connectivity index is 2.03. The molecule has 1 unspecified atom stereocenters. The number of halogens is 1.